The molecule has 1 rings (SSSR count). The Bertz CT molecular complexity index is 750. The molecule has 0 atom stereocenters. The molecule has 0 aliphatic heterocycles. The van der Waals surface area contributed by atoms with Crippen molar-refractivity contribution in [3.05, 3.63) is 41.5 Å². The molecule has 0 aliphatic carbocycles. The Labute approximate surface area is 208 Å². The Kier molecular flexibility index (Phi) is 13.4. The summed E-state index contributed by atoms with van der Waals surface area (Å²) >= 11 is 0. The van der Waals surface area contributed by atoms with Crippen LogP contribution in [0.25, 0.3) is 0 Å². The second-order valence-electron chi connectivity index (χ2n) is 8.80. The molecule has 34 heavy (non-hydrogen) atoms. The van der Waals surface area contributed by atoms with E-state index in [2.05, 4.69) is 80.7 Å². The van der Waals surface area contributed by atoms with Crippen LogP contribution in [0.15, 0.2) is 41.5 Å². The molecule has 0 heterocycles. The molecular formula is C26H45BN2O4Si. The zero-order valence-electron chi connectivity index (χ0n) is 22.6. The van der Waals surface area contributed by atoms with E-state index in [-0.39, 0.29) is 20.2 Å². The van der Waals surface area contributed by atoms with Gasteiger partial charge in [-0.1, -0.05) is 87.5 Å². The van der Waals surface area contributed by atoms with E-state index in [4.69, 9.17) is 9.47 Å². The standard InChI is InChI=1S/C26H45BN2O4Si/c1-9-28(10-2)27(29(11-3)12-4)21-23(34(7,8)22-18-16-15-17-19-22)20-24(25(30)32-13-5)26(31)33-14-6/h15-19,21,24H,9-14,20H2,1-8H3/b23-21+. The fourth-order valence-corrected chi connectivity index (χ4v) is 7.03. The van der Waals surface area contributed by atoms with E-state index in [0.29, 0.717) is 6.42 Å². The van der Waals surface area contributed by atoms with Crippen LogP contribution < -0.4 is 5.19 Å². The monoisotopic (exact) mass is 488 g/mol. The number of carbonyl (C=O) groups is 2. The van der Waals surface area contributed by atoms with Gasteiger partial charge < -0.3 is 19.1 Å². The van der Waals surface area contributed by atoms with E-state index in [1.807, 2.05) is 6.07 Å². The van der Waals surface area contributed by atoms with Gasteiger partial charge in [0.1, 0.15) is 8.07 Å². The van der Waals surface area contributed by atoms with Crippen molar-refractivity contribution in [2.24, 2.45) is 5.92 Å². The Morgan fingerprint density at radius 2 is 1.29 bits per heavy atom. The molecule has 190 valence electrons. The van der Waals surface area contributed by atoms with E-state index >= 15 is 0 Å². The van der Waals surface area contributed by atoms with Gasteiger partial charge in [-0.15, -0.1) is 0 Å². The number of carbonyl (C=O) groups excluding carboxylic acids is 2. The minimum absolute atomic E-state index is 0.0838. The molecule has 0 aromatic heterocycles. The lowest BCUT2D eigenvalue weighted by atomic mass is 9.70. The van der Waals surface area contributed by atoms with Crippen LogP contribution in [0.3, 0.4) is 0 Å². The van der Waals surface area contributed by atoms with Crippen molar-refractivity contribution in [1.82, 2.24) is 9.62 Å². The van der Waals surface area contributed by atoms with E-state index in [1.165, 1.54) is 5.19 Å². The molecule has 0 amide bonds. The summed E-state index contributed by atoms with van der Waals surface area (Å²) in [4.78, 5) is 30.6. The molecule has 0 N–H and O–H groups in total. The van der Waals surface area contributed by atoms with E-state index < -0.39 is 25.9 Å². The van der Waals surface area contributed by atoms with Gasteiger partial charge in [-0.3, -0.25) is 9.59 Å². The lowest BCUT2D eigenvalue weighted by Crippen LogP contribution is -2.54. The highest BCUT2D eigenvalue weighted by molar-refractivity contribution is 6.96. The maximum atomic E-state index is 12.9. The van der Waals surface area contributed by atoms with Crippen molar-refractivity contribution in [3.63, 3.8) is 0 Å². The van der Waals surface area contributed by atoms with Gasteiger partial charge in [-0.25, -0.2) is 0 Å². The van der Waals surface area contributed by atoms with Crippen LogP contribution in [0.4, 0.5) is 0 Å². The first-order valence-electron chi connectivity index (χ1n) is 12.8. The summed E-state index contributed by atoms with van der Waals surface area (Å²) in [7, 11) is -2.22. The molecule has 0 radical (unpaired) electrons. The van der Waals surface area contributed by atoms with Crippen LogP contribution in [-0.4, -0.2) is 76.0 Å². The summed E-state index contributed by atoms with van der Waals surface area (Å²) in [6.45, 7) is 21.0. The molecule has 6 nitrogen and oxygen atoms in total. The van der Waals surface area contributed by atoms with Crippen molar-refractivity contribution in [1.29, 1.82) is 0 Å². The van der Waals surface area contributed by atoms with Crippen molar-refractivity contribution < 1.29 is 19.1 Å². The maximum absolute atomic E-state index is 12.9. The van der Waals surface area contributed by atoms with Gasteiger partial charge in [-0.05, 0) is 46.4 Å². The predicted octanol–water partition coefficient (Wildman–Crippen LogP) is 3.91. The molecule has 0 unspecified atom stereocenters. The van der Waals surface area contributed by atoms with Gasteiger partial charge in [0, 0.05) is 0 Å². The van der Waals surface area contributed by atoms with Gasteiger partial charge in [0.15, 0.2) is 5.92 Å². The van der Waals surface area contributed by atoms with Gasteiger partial charge in [-0.2, -0.15) is 0 Å². The van der Waals surface area contributed by atoms with E-state index in [1.54, 1.807) is 13.8 Å². The minimum Gasteiger partial charge on any atom is -0.465 e. The maximum Gasteiger partial charge on any atom is 0.338 e. The van der Waals surface area contributed by atoms with Gasteiger partial charge in [0.25, 0.3) is 0 Å². The van der Waals surface area contributed by atoms with Crippen molar-refractivity contribution >= 4 is 32.2 Å². The highest BCUT2D eigenvalue weighted by atomic mass is 28.3. The number of hydrogen-bond donors (Lipinski definition) is 0. The Balaban J connectivity index is 3.69. The largest absolute Gasteiger partial charge is 0.465 e. The molecule has 0 saturated heterocycles. The lowest BCUT2D eigenvalue weighted by Gasteiger charge is -2.36. The number of benzene rings is 1. The number of esters is 2. The molecular weight excluding hydrogens is 443 g/mol. The molecule has 0 bridgehead atoms. The summed E-state index contributed by atoms with van der Waals surface area (Å²) in [6.07, 6.45) is 0.310. The van der Waals surface area contributed by atoms with Crippen molar-refractivity contribution in [3.8, 4) is 0 Å². The summed E-state index contributed by atoms with van der Waals surface area (Å²) < 4.78 is 10.6. The summed E-state index contributed by atoms with van der Waals surface area (Å²) in [6, 6.07) is 10.5. The number of nitrogens with zero attached hydrogens (tertiary/aromatic N) is 2. The van der Waals surface area contributed by atoms with Crippen LogP contribution >= 0.6 is 0 Å². The summed E-state index contributed by atoms with van der Waals surface area (Å²) in [5, 5.41) is 2.43. The average Bonchev–Trinajstić information content (AvgIpc) is 2.83. The highest BCUT2D eigenvalue weighted by Gasteiger charge is 2.38. The fraction of sp³-hybridized carbons (Fsp3) is 0.615. The first-order valence-corrected chi connectivity index (χ1v) is 15.8. The molecule has 8 heteroatoms. The smallest absolute Gasteiger partial charge is 0.338 e. The Morgan fingerprint density at radius 3 is 1.68 bits per heavy atom. The predicted molar refractivity (Wildman–Crippen MR) is 145 cm³/mol. The zero-order valence-corrected chi connectivity index (χ0v) is 23.6. The molecule has 1 aromatic rings. The van der Waals surface area contributed by atoms with Crippen LogP contribution in [0.2, 0.25) is 13.1 Å². The number of hydrogen-bond acceptors (Lipinski definition) is 6. The number of allylic oxidation sites excluding steroid dienone is 1. The fourth-order valence-electron chi connectivity index (χ4n) is 4.36. The van der Waals surface area contributed by atoms with Crippen LogP contribution in [-0.2, 0) is 19.1 Å². The third-order valence-corrected chi connectivity index (χ3v) is 10.3. The molecule has 0 saturated carbocycles. The highest BCUT2D eigenvalue weighted by Crippen LogP contribution is 2.26. The Hall–Kier alpha value is -1.90. The second kappa shape index (κ2) is 15.2. The van der Waals surface area contributed by atoms with E-state index in [0.717, 1.165) is 31.4 Å². The average molecular weight is 489 g/mol. The van der Waals surface area contributed by atoms with Gasteiger partial charge in [0.2, 0.25) is 0 Å². The molecule has 0 spiro atoms. The van der Waals surface area contributed by atoms with E-state index in [9.17, 15) is 9.59 Å². The first kappa shape index (κ1) is 30.1. The summed E-state index contributed by atoms with van der Waals surface area (Å²) in [5.74, 6) is 0.347. The number of ether oxygens (including phenoxy) is 2. The SMILES string of the molecule is CCOC(=O)C(C/C(=C\B(N(CC)CC)N(CC)CC)[Si](C)(C)c1ccccc1)C(=O)OCC. The van der Waals surface area contributed by atoms with Crippen molar-refractivity contribution in [2.75, 3.05) is 39.4 Å². The quantitative estimate of drug-likeness (QED) is 0.212. The summed E-state index contributed by atoms with van der Waals surface area (Å²) in [5.41, 5.74) is 0. The topological polar surface area (TPSA) is 59.1 Å². The van der Waals surface area contributed by atoms with Crippen LogP contribution in [0, 0.1) is 5.92 Å². The number of rotatable bonds is 15. The second-order valence-corrected chi connectivity index (χ2v) is 13.3. The Morgan fingerprint density at radius 1 is 0.853 bits per heavy atom. The van der Waals surface area contributed by atoms with Gasteiger partial charge in [0.05, 0.1) is 13.2 Å². The molecule has 0 fully saturated rings. The zero-order chi connectivity index (χ0) is 25.7. The molecule has 1 aromatic carbocycles. The minimum atomic E-state index is -2.22. The van der Waals surface area contributed by atoms with Crippen LogP contribution in [0.1, 0.15) is 48.0 Å². The first-order chi connectivity index (χ1) is 16.2. The third kappa shape index (κ3) is 8.10. The lowest BCUT2D eigenvalue weighted by molar-refractivity contribution is -0.161. The van der Waals surface area contributed by atoms with Gasteiger partial charge >= 0.3 is 18.9 Å². The normalized spacial score (nSPS) is 12.4. The van der Waals surface area contributed by atoms with Crippen molar-refractivity contribution in [2.45, 2.75) is 61.1 Å². The third-order valence-electron chi connectivity index (χ3n) is 6.59. The van der Waals surface area contributed by atoms with Crippen LogP contribution in [0.5, 0.6) is 0 Å². The molecule has 0 aliphatic rings.